The summed E-state index contributed by atoms with van der Waals surface area (Å²) in [6.07, 6.45) is 2.86. The summed E-state index contributed by atoms with van der Waals surface area (Å²) in [7, 11) is 1.80. The van der Waals surface area contributed by atoms with E-state index in [1.54, 1.807) is 17.8 Å². The SMILES string of the molecule is CCNC(Cc1cn(C)nn1)Cc1cccc(F)c1F. The lowest BCUT2D eigenvalue weighted by atomic mass is 10.0. The van der Waals surface area contributed by atoms with Gasteiger partial charge in [-0.2, -0.15) is 0 Å². The molecule has 0 aliphatic carbocycles. The summed E-state index contributed by atoms with van der Waals surface area (Å²) < 4.78 is 28.6. The predicted octanol–water partition coefficient (Wildman–Crippen LogP) is 1.86. The van der Waals surface area contributed by atoms with E-state index in [-0.39, 0.29) is 6.04 Å². The largest absolute Gasteiger partial charge is 0.314 e. The first kappa shape index (κ1) is 14.6. The highest BCUT2D eigenvalue weighted by Crippen LogP contribution is 2.14. The number of hydrogen-bond donors (Lipinski definition) is 1. The van der Waals surface area contributed by atoms with Gasteiger partial charge in [0, 0.05) is 25.7 Å². The molecule has 0 saturated heterocycles. The molecule has 1 aromatic heterocycles. The minimum absolute atomic E-state index is 0.00648. The molecule has 0 aliphatic rings. The molecule has 0 spiro atoms. The van der Waals surface area contributed by atoms with Crippen molar-refractivity contribution in [2.45, 2.75) is 25.8 Å². The van der Waals surface area contributed by atoms with E-state index in [4.69, 9.17) is 0 Å². The van der Waals surface area contributed by atoms with Crippen molar-refractivity contribution in [2.75, 3.05) is 6.54 Å². The molecule has 4 nitrogen and oxygen atoms in total. The second-order valence-corrected chi connectivity index (χ2v) is 4.76. The van der Waals surface area contributed by atoms with Crippen molar-refractivity contribution in [1.82, 2.24) is 20.3 Å². The van der Waals surface area contributed by atoms with Crippen LogP contribution in [0.25, 0.3) is 0 Å². The molecule has 1 atom stereocenters. The Balaban J connectivity index is 2.10. The van der Waals surface area contributed by atoms with Crippen LogP contribution in [0.3, 0.4) is 0 Å². The van der Waals surface area contributed by atoms with E-state index in [1.807, 2.05) is 13.1 Å². The molecule has 1 aromatic carbocycles. The highest BCUT2D eigenvalue weighted by molar-refractivity contribution is 5.20. The Hall–Kier alpha value is -1.82. The van der Waals surface area contributed by atoms with Gasteiger partial charge in [-0.05, 0) is 24.6 Å². The number of nitrogens with one attached hydrogen (secondary N) is 1. The number of likely N-dealkylation sites (N-methyl/N-ethyl adjacent to an activating group) is 1. The van der Waals surface area contributed by atoms with E-state index >= 15 is 0 Å². The standard InChI is InChI=1S/C14H18F2N4/c1-3-17-11(8-12-9-20(2)19-18-12)7-10-5-4-6-13(15)14(10)16/h4-6,9,11,17H,3,7-8H2,1-2H3. The van der Waals surface area contributed by atoms with Crippen molar-refractivity contribution in [3.8, 4) is 0 Å². The molecule has 0 saturated carbocycles. The van der Waals surface area contributed by atoms with Crippen LogP contribution in [0, 0.1) is 11.6 Å². The molecule has 1 unspecified atom stereocenters. The lowest BCUT2D eigenvalue weighted by Crippen LogP contribution is -2.33. The summed E-state index contributed by atoms with van der Waals surface area (Å²) in [5.41, 5.74) is 1.20. The quantitative estimate of drug-likeness (QED) is 0.878. The van der Waals surface area contributed by atoms with Crippen LogP contribution >= 0.6 is 0 Å². The monoisotopic (exact) mass is 280 g/mol. The van der Waals surface area contributed by atoms with E-state index in [1.165, 1.54) is 6.07 Å². The van der Waals surface area contributed by atoms with Gasteiger partial charge in [0.2, 0.25) is 0 Å². The number of aromatic nitrogens is 3. The van der Waals surface area contributed by atoms with E-state index in [2.05, 4.69) is 15.6 Å². The third-order valence-corrected chi connectivity index (χ3v) is 3.10. The molecule has 0 radical (unpaired) electrons. The molecular weight excluding hydrogens is 262 g/mol. The molecule has 1 N–H and O–H groups in total. The minimum Gasteiger partial charge on any atom is -0.314 e. The number of hydrogen-bond acceptors (Lipinski definition) is 3. The molecular formula is C14H18F2N4. The summed E-state index contributed by atoms with van der Waals surface area (Å²) in [6.45, 7) is 2.73. The molecule has 1 heterocycles. The van der Waals surface area contributed by atoms with Gasteiger partial charge in [0.25, 0.3) is 0 Å². The fraction of sp³-hybridized carbons (Fsp3) is 0.429. The van der Waals surface area contributed by atoms with Crippen LogP contribution in [-0.2, 0) is 19.9 Å². The summed E-state index contributed by atoms with van der Waals surface area (Å²) in [5.74, 6) is -1.58. The van der Waals surface area contributed by atoms with Gasteiger partial charge in [0.15, 0.2) is 11.6 Å². The molecule has 6 heteroatoms. The van der Waals surface area contributed by atoms with Crippen molar-refractivity contribution < 1.29 is 8.78 Å². The summed E-state index contributed by atoms with van der Waals surface area (Å²) in [4.78, 5) is 0. The maximum atomic E-state index is 13.7. The highest BCUT2D eigenvalue weighted by Gasteiger charge is 2.15. The van der Waals surface area contributed by atoms with Gasteiger partial charge in [0.1, 0.15) is 0 Å². The van der Waals surface area contributed by atoms with Crippen molar-refractivity contribution >= 4 is 0 Å². The number of halogens is 2. The Morgan fingerprint density at radius 2 is 2.10 bits per heavy atom. The topological polar surface area (TPSA) is 42.7 Å². The van der Waals surface area contributed by atoms with Crippen LogP contribution in [0.15, 0.2) is 24.4 Å². The third kappa shape index (κ3) is 3.60. The Morgan fingerprint density at radius 3 is 2.75 bits per heavy atom. The van der Waals surface area contributed by atoms with Gasteiger partial charge < -0.3 is 5.32 Å². The predicted molar refractivity (Wildman–Crippen MR) is 72.2 cm³/mol. The maximum Gasteiger partial charge on any atom is 0.162 e. The Labute approximate surface area is 116 Å². The van der Waals surface area contributed by atoms with Crippen molar-refractivity contribution in [3.05, 3.63) is 47.3 Å². The van der Waals surface area contributed by atoms with Crippen LogP contribution < -0.4 is 5.32 Å². The molecule has 2 aromatic rings. The molecule has 0 amide bonds. The second kappa shape index (κ2) is 6.56. The van der Waals surface area contributed by atoms with Crippen molar-refractivity contribution in [3.63, 3.8) is 0 Å². The number of rotatable bonds is 6. The third-order valence-electron chi connectivity index (χ3n) is 3.10. The normalized spacial score (nSPS) is 12.6. The molecule has 2 rings (SSSR count). The van der Waals surface area contributed by atoms with Gasteiger partial charge in [-0.25, -0.2) is 8.78 Å². The molecule has 20 heavy (non-hydrogen) atoms. The van der Waals surface area contributed by atoms with Gasteiger partial charge in [0.05, 0.1) is 5.69 Å². The first-order valence-electron chi connectivity index (χ1n) is 6.61. The van der Waals surface area contributed by atoms with Crippen molar-refractivity contribution in [2.24, 2.45) is 7.05 Å². The average molecular weight is 280 g/mol. The number of nitrogens with zero attached hydrogens (tertiary/aromatic N) is 3. The average Bonchev–Trinajstić information content (AvgIpc) is 2.81. The summed E-state index contributed by atoms with van der Waals surface area (Å²) in [5, 5.41) is 11.2. The van der Waals surface area contributed by atoms with Crippen LogP contribution in [0.1, 0.15) is 18.2 Å². The second-order valence-electron chi connectivity index (χ2n) is 4.76. The molecule has 0 aliphatic heterocycles. The zero-order valence-corrected chi connectivity index (χ0v) is 11.6. The van der Waals surface area contributed by atoms with Crippen LogP contribution in [0.2, 0.25) is 0 Å². The minimum atomic E-state index is -0.808. The zero-order valence-electron chi connectivity index (χ0n) is 11.6. The lowest BCUT2D eigenvalue weighted by Gasteiger charge is -2.17. The number of benzene rings is 1. The summed E-state index contributed by atoms with van der Waals surface area (Å²) in [6, 6.07) is 4.26. The Bertz CT molecular complexity index is 568. The fourth-order valence-electron chi connectivity index (χ4n) is 2.22. The van der Waals surface area contributed by atoms with E-state index in [9.17, 15) is 8.78 Å². The van der Waals surface area contributed by atoms with Gasteiger partial charge in [-0.15, -0.1) is 5.10 Å². The van der Waals surface area contributed by atoms with Crippen LogP contribution in [0.5, 0.6) is 0 Å². The first-order valence-corrected chi connectivity index (χ1v) is 6.61. The maximum absolute atomic E-state index is 13.7. The Morgan fingerprint density at radius 1 is 1.30 bits per heavy atom. The van der Waals surface area contributed by atoms with E-state index in [0.717, 1.165) is 18.3 Å². The molecule has 0 bridgehead atoms. The van der Waals surface area contributed by atoms with E-state index < -0.39 is 11.6 Å². The van der Waals surface area contributed by atoms with Gasteiger partial charge >= 0.3 is 0 Å². The fourth-order valence-corrected chi connectivity index (χ4v) is 2.22. The number of aryl methyl sites for hydroxylation is 1. The highest BCUT2D eigenvalue weighted by atomic mass is 19.2. The zero-order chi connectivity index (χ0) is 14.5. The van der Waals surface area contributed by atoms with Crippen molar-refractivity contribution in [1.29, 1.82) is 0 Å². The smallest absolute Gasteiger partial charge is 0.162 e. The first-order chi connectivity index (χ1) is 9.60. The van der Waals surface area contributed by atoms with Gasteiger partial charge in [-0.3, -0.25) is 4.68 Å². The van der Waals surface area contributed by atoms with Crippen LogP contribution in [0.4, 0.5) is 8.78 Å². The summed E-state index contributed by atoms with van der Waals surface area (Å²) >= 11 is 0. The molecule has 0 fully saturated rings. The Kier molecular flexibility index (Phi) is 4.79. The molecule has 108 valence electrons. The van der Waals surface area contributed by atoms with E-state index in [0.29, 0.717) is 18.4 Å². The van der Waals surface area contributed by atoms with Crippen LogP contribution in [-0.4, -0.2) is 27.6 Å². The lowest BCUT2D eigenvalue weighted by molar-refractivity contribution is 0.472. The van der Waals surface area contributed by atoms with Gasteiger partial charge in [-0.1, -0.05) is 24.3 Å².